The van der Waals surface area contributed by atoms with Crippen molar-refractivity contribution in [1.29, 1.82) is 0 Å². The lowest BCUT2D eigenvalue weighted by molar-refractivity contribution is -0.127. The number of rotatable bonds is 6. The average molecular weight is 425 g/mol. The van der Waals surface area contributed by atoms with Crippen molar-refractivity contribution < 1.29 is 18.4 Å². The van der Waals surface area contributed by atoms with E-state index < -0.39 is 11.6 Å². The van der Waals surface area contributed by atoms with E-state index in [4.69, 9.17) is 0 Å². The average Bonchev–Trinajstić information content (AvgIpc) is 3.49. The summed E-state index contributed by atoms with van der Waals surface area (Å²) < 4.78 is 27.0. The zero-order valence-electron chi connectivity index (χ0n) is 17.2. The molecule has 2 aromatic rings. The molecule has 0 radical (unpaired) electrons. The summed E-state index contributed by atoms with van der Waals surface area (Å²) >= 11 is 0. The summed E-state index contributed by atoms with van der Waals surface area (Å²) in [4.78, 5) is 30.9. The highest BCUT2D eigenvalue weighted by Gasteiger charge is 2.58. The van der Waals surface area contributed by atoms with Crippen molar-refractivity contribution in [2.24, 2.45) is 11.3 Å². The fourth-order valence-corrected chi connectivity index (χ4v) is 4.34. The number of aromatic nitrogens is 1. The Balaban J connectivity index is 1.23. The number of nitrogens with one attached hydrogen (secondary N) is 1. The molecule has 0 unspecified atom stereocenters. The first-order chi connectivity index (χ1) is 15.0. The molecule has 31 heavy (non-hydrogen) atoms. The highest BCUT2D eigenvalue weighted by Crippen LogP contribution is 2.59. The molecule has 162 valence electrons. The third-order valence-electron chi connectivity index (χ3n) is 6.37. The van der Waals surface area contributed by atoms with E-state index in [2.05, 4.69) is 10.3 Å². The Morgan fingerprint density at radius 2 is 1.97 bits per heavy atom. The van der Waals surface area contributed by atoms with Gasteiger partial charge in [-0.1, -0.05) is 18.2 Å². The third kappa shape index (κ3) is 4.81. The van der Waals surface area contributed by atoms with Crippen LogP contribution in [0.25, 0.3) is 6.08 Å². The first kappa shape index (κ1) is 21.2. The number of benzene rings is 1. The molecule has 1 aromatic carbocycles. The van der Waals surface area contributed by atoms with E-state index in [1.165, 1.54) is 24.3 Å². The van der Waals surface area contributed by atoms with Crippen LogP contribution in [0.4, 0.5) is 8.78 Å². The summed E-state index contributed by atoms with van der Waals surface area (Å²) in [5, 5.41) is 3.01. The van der Waals surface area contributed by atoms with Crippen molar-refractivity contribution in [2.75, 3.05) is 19.6 Å². The summed E-state index contributed by atoms with van der Waals surface area (Å²) in [6.07, 6.45) is 7.44. The van der Waals surface area contributed by atoms with E-state index in [1.54, 1.807) is 11.1 Å². The molecule has 2 amide bonds. The molecule has 5 nitrogen and oxygen atoms in total. The highest BCUT2D eigenvalue weighted by atomic mass is 19.2. The van der Waals surface area contributed by atoms with Crippen molar-refractivity contribution in [3.8, 4) is 0 Å². The lowest BCUT2D eigenvalue weighted by atomic mass is 9.90. The van der Waals surface area contributed by atoms with Gasteiger partial charge in [0.1, 0.15) is 0 Å². The maximum absolute atomic E-state index is 13.7. The molecule has 1 aliphatic heterocycles. The van der Waals surface area contributed by atoms with Gasteiger partial charge < -0.3 is 10.2 Å². The molecule has 1 aliphatic carbocycles. The summed E-state index contributed by atoms with van der Waals surface area (Å²) in [6, 6.07) is 9.60. The van der Waals surface area contributed by atoms with E-state index in [-0.39, 0.29) is 28.7 Å². The van der Waals surface area contributed by atoms with Crippen LogP contribution in [0.3, 0.4) is 0 Å². The SMILES string of the molecule is O=C(NCCc1ccccn1)[C@@H]1CC12CCN(C(=O)/C=C/c1cccc(F)c1F)CC2. The minimum atomic E-state index is -0.959. The number of pyridine rings is 1. The Morgan fingerprint density at radius 1 is 1.16 bits per heavy atom. The second kappa shape index (κ2) is 8.96. The minimum absolute atomic E-state index is 0.00502. The second-order valence-corrected chi connectivity index (χ2v) is 8.28. The number of carbonyl (C=O) groups is 2. The predicted molar refractivity (Wildman–Crippen MR) is 113 cm³/mol. The van der Waals surface area contributed by atoms with Crippen LogP contribution in [0.15, 0.2) is 48.7 Å². The Morgan fingerprint density at radius 3 is 2.71 bits per heavy atom. The maximum Gasteiger partial charge on any atom is 0.246 e. The number of halogens is 2. The van der Waals surface area contributed by atoms with Crippen LogP contribution in [0, 0.1) is 23.0 Å². The first-order valence-corrected chi connectivity index (χ1v) is 10.6. The molecule has 1 saturated carbocycles. The molecule has 4 rings (SSSR count). The van der Waals surface area contributed by atoms with Gasteiger partial charge in [-0.05, 0) is 49.0 Å². The van der Waals surface area contributed by atoms with Gasteiger partial charge in [0.15, 0.2) is 11.6 Å². The number of hydrogen-bond acceptors (Lipinski definition) is 3. The quantitative estimate of drug-likeness (QED) is 0.722. The smallest absolute Gasteiger partial charge is 0.246 e. The van der Waals surface area contributed by atoms with Gasteiger partial charge in [0, 0.05) is 55.5 Å². The van der Waals surface area contributed by atoms with Crippen LogP contribution in [0.2, 0.25) is 0 Å². The Hall–Kier alpha value is -3.09. The summed E-state index contributed by atoms with van der Waals surface area (Å²) in [5.74, 6) is -2.04. The molecule has 1 spiro atoms. The molecule has 1 atom stereocenters. The van der Waals surface area contributed by atoms with Crippen molar-refractivity contribution in [1.82, 2.24) is 15.2 Å². The number of carbonyl (C=O) groups excluding carboxylic acids is 2. The Labute approximate surface area is 180 Å². The monoisotopic (exact) mass is 425 g/mol. The van der Waals surface area contributed by atoms with Gasteiger partial charge in [-0.2, -0.15) is 0 Å². The van der Waals surface area contributed by atoms with Crippen LogP contribution in [-0.2, 0) is 16.0 Å². The van der Waals surface area contributed by atoms with E-state index >= 15 is 0 Å². The van der Waals surface area contributed by atoms with E-state index in [1.807, 2.05) is 18.2 Å². The Kier molecular flexibility index (Phi) is 6.11. The van der Waals surface area contributed by atoms with Gasteiger partial charge in [-0.25, -0.2) is 8.78 Å². The zero-order chi connectivity index (χ0) is 21.8. The number of nitrogens with zero attached hydrogens (tertiary/aromatic N) is 2. The van der Waals surface area contributed by atoms with Crippen LogP contribution in [0.1, 0.15) is 30.5 Å². The molecule has 7 heteroatoms. The van der Waals surface area contributed by atoms with Crippen LogP contribution >= 0.6 is 0 Å². The van der Waals surface area contributed by atoms with Gasteiger partial charge in [0.2, 0.25) is 11.8 Å². The lowest BCUT2D eigenvalue weighted by Crippen LogP contribution is -2.40. The third-order valence-corrected chi connectivity index (χ3v) is 6.37. The number of likely N-dealkylation sites (tertiary alicyclic amines) is 1. The molecule has 1 N–H and O–H groups in total. The summed E-state index contributed by atoms with van der Waals surface area (Å²) in [7, 11) is 0. The molecule has 1 aromatic heterocycles. The molecule has 1 saturated heterocycles. The van der Waals surface area contributed by atoms with E-state index in [0.29, 0.717) is 26.1 Å². The van der Waals surface area contributed by atoms with Gasteiger partial charge in [0.05, 0.1) is 0 Å². The second-order valence-electron chi connectivity index (χ2n) is 8.28. The topological polar surface area (TPSA) is 62.3 Å². The molecule has 2 heterocycles. The Bertz CT molecular complexity index is 986. The zero-order valence-corrected chi connectivity index (χ0v) is 17.2. The van der Waals surface area contributed by atoms with Crippen molar-refractivity contribution in [3.63, 3.8) is 0 Å². The van der Waals surface area contributed by atoms with Gasteiger partial charge in [-0.15, -0.1) is 0 Å². The predicted octanol–water partition coefficient (Wildman–Crippen LogP) is 3.36. The lowest BCUT2D eigenvalue weighted by Gasteiger charge is -2.32. The van der Waals surface area contributed by atoms with E-state index in [0.717, 1.165) is 31.0 Å². The fraction of sp³-hybridized carbons (Fsp3) is 0.375. The molecule has 2 aliphatic rings. The highest BCUT2D eigenvalue weighted by molar-refractivity contribution is 5.92. The normalized spacial score (nSPS) is 19.5. The summed E-state index contributed by atoms with van der Waals surface area (Å²) in [5.41, 5.74) is 0.988. The molecular weight excluding hydrogens is 400 g/mol. The number of hydrogen-bond donors (Lipinski definition) is 1. The number of piperidine rings is 1. The minimum Gasteiger partial charge on any atom is -0.355 e. The summed E-state index contributed by atoms with van der Waals surface area (Å²) in [6.45, 7) is 1.69. The standard InChI is InChI=1S/C24H25F2N3O2/c25-20-6-3-4-17(22(20)26)7-8-21(30)29-14-10-24(11-15-29)16-19(24)23(31)28-13-9-18-5-1-2-12-27-18/h1-8,12,19H,9-11,13-16H2,(H,28,31)/b8-7+/t19-/m0/s1. The van der Waals surface area contributed by atoms with Crippen molar-refractivity contribution >= 4 is 17.9 Å². The molecule has 0 bridgehead atoms. The van der Waals surface area contributed by atoms with Crippen LogP contribution in [-0.4, -0.2) is 41.3 Å². The van der Waals surface area contributed by atoms with Gasteiger partial charge in [0.25, 0.3) is 0 Å². The van der Waals surface area contributed by atoms with E-state index in [9.17, 15) is 18.4 Å². The number of amides is 2. The van der Waals surface area contributed by atoms with Gasteiger partial charge >= 0.3 is 0 Å². The molecular formula is C24H25F2N3O2. The largest absolute Gasteiger partial charge is 0.355 e. The van der Waals surface area contributed by atoms with Crippen molar-refractivity contribution in [2.45, 2.75) is 25.7 Å². The van der Waals surface area contributed by atoms with Crippen molar-refractivity contribution in [3.05, 3.63) is 71.6 Å². The van der Waals surface area contributed by atoms with Gasteiger partial charge in [-0.3, -0.25) is 14.6 Å². The first-order valence-electron chi connectivity index (χ1n) is 10.6. The fourth-order valence-electron chi connectivity index (χ4n) is 4.34. The van der Waals surface area contributed by atoms with Crippen LogP contribution < -0.4 is 5.32 Å². The molecule has 2 fully saturated rings. The maximum atomic E-state index is 13.7. The van der Waals surface area contributed by atoms with Crippen LogP contribution in [0.5, 0.6) is 0 Å².